The highest BCUT2D eigenvalue weighted by Gasteiger charge is 2.50. The van der Waals surface area contributed by atoms with Gasteiger partial charge in [-0.05, 0) is 90.3 Å². The van der Waals surface area contributed by atoms with Gasteiger partial charge in [-0.15, -0.1) is 18.5 Å². The first kappa shape index (κ1) is 44.9. The Balaban J connectivity index is 1.66. The van der Waals surface area contributed by atoms with Crippen molar-refractivity contribution in [3.8, 4) is 11.1 Å². The topological polar surface area (TPSA) is 0 Å². The van der Waals surface area contributed by atoms with Crippen LogP contribution in [0.4, 0.5) is 52.7 Å². The molecule has 0 nitrogen and oxygen atoms in total. The summed E-state index contributed by atoms with van der Waals surface area (Å²) in [5.41, 5.74) is -8.02. The second-order valence-electron chi connectivity index (χ2n) is 15.2. The van der Waals surface area contributed by atoms with E-state index in [1.54, 1.807) is 48.5 Å². The molecule has 14 heteroatoms. The van der Waals surface area contributed by atoms with Crippen LogP contribution in [0, 0.1) is 0 Å². The second kappa shape index (κ2) is 16.1. The summed E-state index contributed by atoms with van der Waals surface area (Å²) in [6.07, 6.45) is -20.5. The molecule has 2 atom stereocenters. The predicted molar refractivity (Wildman–Crippen MR) is 232 cm³/mol. The standard InChI is InChI=1S/C50H32F12P2/c51-47(52,53)37-21-9-5-17-33(37)45(63,34-18-6-10-22-38(34)48(54,55)56)41-27-25-29-13-1-3-15-31(29)43(41)44-32-16-4-2-14-30(32)26-28-42(44)46(64,35-19-7-11-23-39(35)49(57,58)59)36-20-8-12-24-40(36)50(60,61)62/h1-28H,63-64H2. The number of halogens is 12. The molecule has 0 aromatic heterocycles. The summed E-state index contributed by atoms with van der Waals surface area (Å²) in [5, 5.41) is -3.63. The van der Waals surface area contributed by atoms with E-state index in [0.29, 0.717) is 10.8 Å². The Kier molecular flexibility index (Phi) is 11.3. The van der Waals surface area contributed by atoms with Crippen molar-refractivity contribution in [1.29, 1.82) is 0 Å². The van der Waals surface area contributed by atoms with Gasteiger partial charge >= 0.3 is 24.7 Å². The third kappa shape index (κ3) is 7.62. The molecule has 0 aliphatic heterocycles. The summed E-state index contributed by atoms with van der Waals surface area (Å²) in [6.45, 7) is 0. The molecule has 0 fully saturated rings. The molecule has 0 aliphatic carbocycles. The SMILES string of the molecule is FC(F)(F)c1ccccc1C(P)(c1ccccc1C(F)(F)F)c1ccc2ccccc2c1-c1c(C(P)(c2ccccc2C(F)(F)F)c2ccccc2C(F)(F)F)ccc2ccccc12. The van der Waals surface area contributed by atoms with E-state index in [4.69, 9.17) is 0 Å². The average Bonchev–Trinajstić information content (AvgIpc) is 3.26. The molecule has 0 saturated heterocycles. The van der Waals surface area contributed by atoms with Crippen molar-refractivity contribution in [2.45, 2.75) is 35.0 Å². The summed E-state index contributed by atoms with van der Waals surface area (Å²) in [4.78, 5) is 0. The van der Waals surface area contributed by atoms with Crippen LogP contribution in [-0.4, -0.2) is 0 Å². The normalized spacial score (nSPS) is 13.2. The van der Waals surface area contributed by atoms with E-state index in [-0.39, 0.29) is 33.0 Å². The van der Waals surface area contributed by atoms with E-state index < -0.39 is 79.5 Å². The molecule has 8 aromatic carbocycles. The lowest BCUT2D eigenvalue weighted by atomic mass is 9.71. The summed E-state index contributed by atoms with van der Waals surface area (Å²) >= 11 is 0. The van der Waals surface area contributed by atoms with Crippen LogP contribution in [0.1, 0.15) is 55.6 Å². The van der Waals surface area contributed by atoms with Gasteiger partial charge < -0.3 is 0 Å². The molecule has 0 N–H and O–H groups in total. The van der Waals surface area contributed by atoms with E-state index in [0.717, 1.165) is 72.8 Å². The number of rotatable bonds is 7. The van der Waals surface area contributed by atoms with Crippen LogP contribution in [0.3, 0.4) is 0 Å². The Bertz CT molecular complexity index is 2730. The molecule has 0 bridgehead atoms. The molecule has 0 radical (unpaired) electrons. The monoisotopic (exact) mass is 922 g/mol. The molecule has 0 aliphatic rings. The minimum atomic E-state index is -5.12. The van der Waals surface area contributed by atoms with Crippen molar-refractivity contribution >= 4 is 40.0 Å². The van der Waals surface area contributed by atoms with E-state index >= 15 is 52.7 Å². The molecule has 2 unspecified atom stereocenters. The Morgan fingerprint density at radius 3 is 0.703 bits per heavy atom. The number of hydrogen-bond donors (Lipinski definition) is 0. The molecule has 326 valence electrons. The van der Waals surface area contributed by atoms with Crippen LogP contribution in [0.5, 0.6) is 0 Å². The molecule has 64 heavy (non-hydrogen) atoms. The van der Waals surface area contributed by atoms with Gasteiger partial charge in [0.15, 0.2) is 0 Å². The Hall–Kier alpha value is -5.70. The molecule has 8 rings (SSSR count). The van der Waals surface area contributed by atoms with Crippen LogP contribution >= 0.6 is 18.5 Å². The van der Waals surface area contributed by atoms with E-state index in [9.17, 15) is 0 Å². The highest BCUT2D eigenvalue weighted by Crippen LogP contribution is 2.60. The highest BCUT2D eigenvalue weighted by molar-refractivity contribution is 7.19. The first-order chi connectivity index (χ1) is 30.1. The van der Waals surface area contributed by atoms with Gasteiger partial charge in [0.1, 0.15) is 0 Å². The van der Waals surface area contributed by atoms with Crippen LogP contribution in [0.15, 0.2) is 170 Å². The fraction of sp³-hybridized carbons (Fsp3) is 0.120. The largest absolute Gasteiger partial charge is 0.416 e. The maximum absolute atomic E-state index is 15.3. The molecule has 0 amide bonds. The molecular weight excluding hydrogens is 890 g/mol. The Morgan fingerprint density at radius 2 is 0.453 bits per heavy atom. The molecule has 0 saturated carbocycles. The quantitative estimate of drug-likeness (QED) is 0.0849. The van der Waals surface area contributed by atoms with Crippen molar-refractivity contribution in [3.05, 3.63) is 225 Å². The average molecular weight is 923 g/mol. The van der Waals surface area contributed by atoms with Crippen LogP contribution in [0.25, 0.3) is 32.7 Å². The van der Waals surface area contributed by atoms with Crippen molar-refractivity contribution in [2.75, 3.05) is 0 Å². The zero-order chi connectivity index (χ0) is 46.0. The number of hydrogen-bond acceptors (Lipinski definition) is 0. The van der Waals surface area contributed by atoms with Gasteiger partial charge in [0, 0.05) is 0 Å². The van der Waals surface area contributed by atoms with Gasteiger partial charge in [-0.1, -0.05) is 146 Å². The third-order valence-corrected chi connectivity index (χ3v) is 13.5. The first-order valence-corrected chi connectivity index (χ1v) is 20.5. The van der Waals surface area contributed by atoms with E-state index in [1.165, 1.54) is 48.5 Å². The number of alkyl halides is 12. The molecular formula is C50H32F12P2. The first-order valence-electron chi connectivity index (χ1n) is 19.4. The van der Waals surface area contributed by atoms with Crippen LogP contribution in [-0.2, 0) is 35.0 Å². The van der Waals surface area contributed by atoms with Crippen molar-refractivity contribution in [3.63, 3.8) is 0 Å². The number of fused-ring (bicyclic) bond motifs is 2. The summed E-state index contributed by atoms with van der Waals surface area (Å²) in [7, 11) is 4.50. The van der Waals surface area contributed by atoms with Gasteiger partial charge in [0.05, 0.1) is 32.6 Å². The van der Waals surface area contributed by atoms with E-state index in [1.807, 2.05) is 0 Å². The summed E-state index contributed by atoms with van der Waals surface area (Å²) < 4.78 is 183. The maximum Gasteiger partial charge on any atom is 0.416 e. The van der Waals surface area contributed by atoms with Crippen molar-refractivity contribution in [2.24, 2.45) is 0 Å². The lowest BCUT2D eigenvalue weighted by Crippen LogP contribution is -2.31. The zero-order valence-electron chi connectivity index (χ0n) is 32.9. The zero-order valence-corrected chi connectivity index (χ0v) is 35.2. The molecule has 0 heterocycles. The molecule has 8 aromatic rings. The lowest BCUT2D eigenvalue weighted by Gasteiger charge is -2.40. The van der Waals surface area contributed by atoms with E-state index in [2.05, 4.69) is 18.5 Å². The van der Waals surface area contributed by atoms with Gasteiger partial charge in [-0.2, -0.15) is 52.7 Å². The minimum Gasteiger partial charge on any atom is -0.166 e. The van der Waals surface area contributed by atoms with Gasteiger partial charge in [0.2, 0.25) is 0 Å². The smallest absolute Gasteiger partial charge is 0.166 e. The fourth-order valence-corrected chi connectivity index (χ4v) is 10.4. The summed E-state index contributed by atoms with van der Waals surface area (Å²) in [5.74, 6) is 0. The second-order valence-corrected chi connectivity index (χ2v) is 16.9. The summed E-state index contributed by atoms with van der Waals surface area (Å²) in [6, 6.07) is 35.2. The fourth-order valence-electron chi connectivity index (χ4n) is 8.91. The Labute approximate surface area is 363 Å². The van der Waals surface area contributed by atoms with Crippen molar-refractivity contribution in [1.82, 2.24) is 0 Å². The highest BCUT2D eigenvalue weighted by atomic mass is 31.0. The van der Waals surface area contributed by atoms with Gasteiger partial charge in [-0.25, -0.2) is 0 Å². The Morgan fingerprint density at radius 1 is 0.234 bits per heavy atom. The van der Waals surface area contributed by atoms with Crippen LogP contribution < -0.4 is 0 Å². The number of benzene rings is 8. The van der Waals surface area contributed by atoms with Gasteiger partial charge in [-0.3, -0.25) is 0 Å². The minimum absolute atomic E-state index is 0.0327. The predicted octanol–water partition coefficient (Wildman–Crippen LogP) is 16.1. The van der Waals surface area contributed by atoms with Gasteiger partial charge in [0.25, 0.3) is 0 Å². The molecule has 0 spiro atoms. The van der Waals surface area contributed by atoms with Crippen molar-refractivity contribution < 1.29 is 52.7 Å². The third-order valence-electron chi connectivity index (χ3n) is 11.6. The van der Waals surface area contributed by atoms with Crippen LogP contribution in [0.2, 0.25) is 0 Å². The lowest BCUT2D eigenvalue weighted by molar-refractivity contribution is -0.140. The maximum atomic E-state index is 15.3.